The molecule has 0 radical (unpaired) electrons. The van der Waals surface area contributed by atoms with Crippen LogP contribution in [-0.4, -0.2) is 54.5 Å². The number of carbonyl (C=O) groups excluding carboxylic acids is 2. The second-order valence-corrected chi connectivity index (χ2v) is 8.54. The fourth-order valence-electron chi connectivity index (χ4n) is 3.97. The molecule has 12 nitrogen and oxygen atoms in total. The number of carboxylic acid groups (broad SMARTS) is 1. The third-order valence-electron chi connectivity index (χ3n) is 6.00. The molecule has 37 heavy (non-hydrogen) atoms. The molecule has 3 aromatic rings. The summed E-state index contributed by atoms with van der Waals surface area (Å²) in [6.45, 7) is 1.62. The van der Waals surface area contributed by atoms with Crippen LogP contribution in [0.4, 0.5) is 20.6 Å². The monoisotopic (exact) mass is 510 g/mol. The Morgan fingerprint density at radius 2 is 1.86 bits per heavy atom. The number of halogens is 1. The van der Waals surface area contributed by atoms with E-state index in [9.17, 15) is 34.0 Å². The molecule has 1 aliphatic heterocycles. The Morgan fingerprint density at radius 1 is 1.19 bits per heavy atom. The van der Waals surface area contributed by atoms with Gasteiger partial charge in [-0.1, -0.05) is 12.1 Å². The molecule has 0 fully saturated rings. The number of fused-ring (bicyclic) bond motifs is 1. The van der Waals surface area contributed by atoms with E-state index in [1.165, 1.54) is 48.2 Å². The molecule has 1 aliphatic rings. The summed E-state index contributed by atoms with van der Waals surface area (Å²) in [5.41, 5.74) is 2.27. The van der Waals surface area contributed by atoms with Crippen LogP contribution in [-0.2, 0) is 29.1 Å². The van der Waals surface area contributed by atoms with Crippen molar-refractivity contribution >= 4 is 29.3 Å². The quantitative estimate of drug-likeness (QED) is 0.325. The zero-order valence-corrected chi connectivity index (χ0v) is 19.6. The summed E-state index contributed by atoms with van der Waals surface area (Å²) in [5.74, 6) is -2.35. The maximum atomic E-state index is 13.3. The Kier molecular flexibility index (Phi) is 7.13. The topological polar surface area (TPSA) is 160 Å². The molecule has 3 N–H and O–H groups in total. The van der Waals surface area contributed by atoms with Crippen molar-refractivity contribution in [2.24, 2.45) is 0 Å². The van der Waals surface area contributed by atoms with Crippen molar-refractivity contribution in [3.8, 4) is 0 Å². The molecule has 1 aromatic heterocycles. The Hall–Kier alpha value is -4.81. The van der Waals surface area contributed by atoms with Gasteiger partial charge in [0.2, 0.25) is 5.91 Å². The zero-order chi connectivity index (χ0) is 26.7. The fourth-order valence-corrected chi connectivity index (χ4v) is 3.97. The Morgan fingerprint density at radius 3 is 2.49 bits per heavy atom. The van der Waals surface area contributed by atoms with Gasteiger partial charge in [0.05, 0.1) is 29.2 Å². The molecule has 0 saturated heterocycles. The first kappa shape index (κ1) is 25.3. The number of imidazole rings is 1. The largest absolute Gasteiger partial charge is 0.480 e. The molecule has 2 heterocycles. The lowest BCUT2D eigenvalue weighted by Crippen LogP contribution is -2.56. The smallest absolute Gasteiger partial charge is 0.325 e. The number of nitrogens with one attached hydrogen (secondary N) is 2. The standard InChI is InChI=1S/C24H23FN6O6/c1-14(23(33)34)27-22(32)20-10-19-21(12-30(20)24(35)28-17-6-4-16(25)5-7-17)29(13-26-19)11-15-2-8-18(9-3-15)31(36)37/h2-9,13-14,20H,10-12H2,1H3,(H,27,32)(H,28,35)(H,33,34). The molecule has 2 aromatic carbocycles. The number of benzene rings is 2. The first-order chi connectivity index (χ1) is 17.6. The van der Waals surface area contributed by atoms with E-state index >= 15 is 0 Å². The lowest BCUT2D eigenvalue weighted by Gasteiger charge is -2.35. The number of nitro groups is 1. The molecule has 2 unspecified atom stereocenters. The minimum absolute atomic E-state index is 0.0190. The average Bonchev–Trinajstić information content (AvgIpc) is 3.26. The van der Waals surface area contributed by atoms with Crippen LogP contribution in [0.3, 0.4) is 0 Å². The zero-order valence-electron chi connectivity index (χ0n) is 19.6. The highest BCUT2D eigenvalue weighted by Gasteiger charge is 2.38. The predicted octanol–water partition coefficient (Wildman–Crippen LogP) is 2.53. The van der Waals surface area contributed by atoms with Crippen LogP contribution in [0.15, 0.2) is 54.9 Å². The van der Waals surface area contributed by atoms with E-state index in [2.05, 4.69) is 15.6 Å². The lowest BCUT2D eigenvalue weighted by molar-refractivity contribution is -0.384. The normalized spacial score (nSPS) is 15.4. The van der Waals surface area contributed by atoms with Gasteiger partial charge < -0.3 is 25.2 Å². The van der Waals surface area contributed by atoms with E-state index in [4.69, 9.17) is 0 Å². The number of urea groups is 1. The van der Waals surface area contributed by atoms with E-state index in [0.29, 0.717) is 23.6 Å². The molecule has 0 aliphatic carbocycles. The fraction of sp³-hybridized carbons (Fsp3) is 0.250. The first-order valence-corrected chi connectivity index (χ1v) is 11.2. The van der Waals surface area contributed by atoms with E-state index < -0.39 is 40.7 Å². The van der Waals surface area contributed by atoms with Gasteiger partial charge in [0.25, 0.3) is 5.69 Å². The number of aliphatic carboxylic acids is 1. The third kappa shape index (κ3) is 5.72. The van der Waals surface area contributed by atoms with E-state index in [1.807, 2.05) is 0 Å². The van der Waals surface area contributed by atoms with Crippen molar-refractivity contribution in [1.29, 1.82) is 0 Å². The molecule has 0 saturated carbocycles. The molecular weight excluding hydrogens is 487 g/mol. The van der Waals surface area contributed by atoms with Crippen LogP contribution in [0.5, 0.6) is 0 Å². The molecule has 192 valence electrons. The van der Waals surface area contributed by atoms with Gasteiger partial charge in [0.1, 0.15) is 17.9 Å². The van der Waals surface area contributed by atoms with Crippen LogP contribution in [0, 0.1) is 15.9 Å². The molecule has 0 bridgehead atoms. The number of nitrogens with zero attached hydrogens (tertiary/aromatic N) is 4. The predicted molar refractivity (Wildman–Crippen MR) is 128 cm³/mol. The number of aromatic nitrogens is 2. The van der Waals surface area contributed by atoms with Crippen LogP contribution in [0.2, 0.25) is 0 Å². The van der Waals surface area contributed by atoms with Crippen molar-refractivity contribution < 1.29 is 28.8 Å². The summed E-state index contributed by atoms with van der Waals surface area (Å²) in [4.78, 5) is 53.5. The van der Waals surface area contributed by atoms with Crippen LogP contribution >= 0.6 is 0 Å². The van der Waals surface area contributed by atoms with Crippen LogP contribution in [0.1, 0.15) is 23.9 Å². The number of carboxylic acids is 1. The molecule has 0 spiro atoms. The Balaban J connectivity index is 1.60. The molecule has 2 atom stereocenters. The molecule has 3 amide bonds. The number of carbonyl (C=O) groups is 3. The highest BCUT2D eigenvalue weighted by Crippen LogP contribution is 2.25. The number of hydrogen-bond acceptors (Lipinski definition) is 6. The van der Waals surface area contributed by atoms with Crippen molar-refractivity contribution in [1.82, 2.24) is 19.8 Å². The van der Waals surface area contributed by atoms with Gasteiger partial charge in [-0.15, -0.1) is 0 Å². The summed E-state index contributed by atoms with van der Waals surface area (Å²) >= 11 is 0. The highest BCUT2D eigenvalue weighted by molar-refractivity contribution is 5.95. The number of hydrogen-bond donors (Lipinski definition) is 3. The van der Waals surface area contributed by atoms with Crippen molar-refractivity contribution in [3.05, 3.63) is 87.7 Å². The Bertz CT molecular complexity index is 1340. The number of non-ortho nitro benzene ring substituents is 1. The SMILES string of the molecule is CC(NC(=O)C1Cc2ncn(Cc3ccc([N+](=O)[O-])cc3)c2CN1C(=O)Nc1ccc(F)cc1)C(=O)O. The van der Waals surface area contributed by atoms with Crippen LogP contribution < -0.4 is 10.6 Å². The molecule has 4 rings (SSSR count). The van der Waals surface area contributed by atoms with Crippen molar-refractivity contribution in [2.45, 2.75) is 38.5 Å². The van der Waals surface area contributed by atoms with Gasteiger partial charge in [0.15, 0.2) is 0 Å². The highest BCUT2D eigenvalue weighted by atomic mass is 19.1. The third-order valence-corrected chi connectivity index (χ3v) is 6.00. The van der Waals surface area contributed by atoms with Gasteiger partial charge in [-0.2, -0.15) is 0 Å². The summed E-state index contributed by atoms with van der Waals surface area (Å²) in [6, 6.07) is 8.30. The van der Waals surface area contributed by atoms with E-state index in [0.717, 1.165) is 5.56 Å². The second-order valence-electron chi connectivity index (χ2n) is 8.54. The van der Waals surface area contributed by atoms with Gasteiger partial charge in [-0.05, 0) is 36.8 Å². The number of rotatable bonds is 7. The van der Waals surface area contributed by atoms with Crippen LogP contribution in [0.25, 0.3) is 0 Å². The minimum Gasteiger partial charge on any atom is -0.480 e. The number of anilines is 1. The summed E-state index contributed by atoms with van der Waals surface area (Å²) in [6.07, 6.45) is 1.60. The number of nitro benzene ring substituents is 1. The first-order valence-electron chi connectivity index (χ1n) is 11.2. The van der Waals surface area contributed by atoms with Crippen molar-refractivity contribution in [2.75, 3.05) is 5.32 Å². The number of amides is 3. The van der Waals surface area contributed by atoms with E-state index in [-0.39, 0.29) is 18.7 Å². The van der Waals surface area contributed by atoms with Crippen molar-refractivity contribution in [3.63, 3.8) is 0 Å². The maximum Gasteiger partial charge on any atom is 0.325 e. The van der Waals surface area contributed by atoms with Gasteiger partial charge in [-0.3, -0.25) is 19.7 Å². The lowest BCUT2D eigenvalue weighted by atomic mass is 10.0. The molecule has 13 heteroatoms. The summed E-state index contributed by atoms with van der Waals surface area (Å²) < 4.78 is 15.1. The second kappa shape index (κ2) is 10.4. The minimum atomic E-state index is -1.22. The van der Waals surface area contributed by atoms with Gasteiger partial charge >= 0.3 is 12.0 Å². The van der Waals surface area contributed by atoms with Gasteiger partial charge in [0, 0.05) is 30.8 Å². The summed E-state index contributed by atoms with van der Waals surface area (Å²) in [7, 11) is 0. The average molecular weight is 510 g/mol. The maximum absolute atomic E-state index is 13.3. The summed E-state index contributed by atoms with van der Waals surface area (Å²) in [5, 5.41) is 25.1. The molecular formula is C24H23FN6O6. The Labute approximate surface area is 209 Å². The van der Waals surface area contributed by atoms with E-state index in [1.54, 1.807) is 23.0 Å². The van der Waals surface area contributed by atoms with Gasteiger partial charge in [-0.25, -0.2) is 14.2 Å².